The number of anilines is 1. The highest BCUT2D eigenvalue weighted by Crippen LogP contribution is 2.48. The maximum atomic E-state index is 15.4. The molecule has 4 N–H and O–H groups in total. The number of carbonyl (C=O) groups excluding carboxylic acids is 2. The van der Waals surface area contributed by atoms with E-state index in [9.17, 15) is 9.59 Å². The van der Waals surface area contributed by atoms with Crippen molar-refractivity contribution < 1.29 is 23.5 Å². The summed E-state index contributed by atoms with van der Waals surface area (Å²) in [5, 5.41) is 5.16. The standard InChI is InChI=1S/C26H36FN7O4S/c1-24(2,3)38-23(36)33-22-25(4,5)39-17(9-8-12-28)26(6,34-22)20-15(27)10-11-18(31-20)32-21(35)16-13-30-19(37-7)14-29-16/h10-11,13-14,17H,8-9,12,28H2,1-7H3,(H,31,32,35)(H,33,34,36)/t17?,26-/m0/s1. The fourth-order valence-electron chi connectivity index (χ4n) is 3.98. The number of methoxy groups -OCH3 is 1. The van der Waals surface area contributed by atoms with Gasteiger partial charge in [-0.3, -0.25) is 15.1 Å². The van der Waals surface area contributed by atoms with Crippen molar-refractivity contribution in [1.29, 1.82) is 0 Å². The number of alkyl carbamates (subject to hydrolysis) is 1. The van der Waals surface area contributed by atoms with Gasteiger partial charge in [-0.05, 0) is 73.1 Å². The van der Waals surface area contributed by atoms with Gasteiger partial charge >= 0.3 is 6.09 Å². The van der Waals surface area contributed by atoms with Crippen LogP contribution < -0.4 is 21.1 Å². The van der Waals surface area contributed by atoms with Crippen molar-refractivity contribution in [3.63, 3.8) is 0 Å². The van der Waals surface area contributed by atoms with Crippen molar-refractivity contribution in [3.05, 3.63) is 41.7 Å². The lowest BCUT2D eigenvalue weighted by molar-refractivity contribution is 0.0560. The van der Waals surface area contributed by atoms with E-state index in [-0.39, 0.29) is 28.3 Å². The van der Waals surface area contributed by atoms with Gasteiger partial charge in [0.15, 0.2) is 0 Å². The van der Waals surface area contributed by atoms with Gasteiger partial charge in [0.1, 0.15) is 40.0 Å². The average Bonchev–Trinajstić information content (AvgIpc) is 2.85. The highest BCUT2D eigenvalue weighted by molar-refractivity contribution is 8.02. The van der Waals surface area contributed by atoms with E-state index in [1.807, 2.05) is 13.8 Å². The zero-order chi connectivity index (χ0) is 29.0. The third-order valence-electron chi connectivity index (χ3n) is 5.90. The second-order valence-corrected chi connectivity index (χ2v) is 12.5. The largest absolute Gasteiger partial charge is 0.480 e. The summed E-state index contributed by atoms with van der Waals surface area (Å²) >= 11 is 1.55. The number of amides is 2. The molecule has 39 heavy (non-hydrogen) atoms. The molecule has 1 unspecified atom stereocenters. The minimum absolute atomic E-state index is 0.0228. The molecular formula is C26H36FN7O4S. The summed E-state index contributed by atoms with van der Waals surface area (Å²) in [5.74, 6) is -0.471. The van der Waals surface area contributed by atoms with E-state index in [4.69, 9.17) is 20.2 Å². The van der Waals surface area contributed by atoms with Crippen LogP contribution in [-0.2, 0) is 10.3 Å². The average molecular weight is 562 g/mol. The molecule has 2 atom stereocenters. The Bertz CT molecular complexity index is 1230. The Morgan fingerprint density at radius 3 is 2.46 bits per heavy atom. The quantitative estimate of drug-likeness (QED) is 0.454. The number of pyridine rings is 1. The second-order valence-electron chi connectivity index (χ2n) is 10.7. The summed E-state index contributed by atoms with van der Waals surface area (Å²) in [6.45, 7) is 11.4. The number of nitrogens with zero attached hydrogens (tertiary/aromatic N) is 4. The summed E-state index contributed by atoms with van der Waals surface area (Å²) in [6.07, 6.45) is 3.23. The molecule has 212 valence electrons. The number of rotatable bonds is 7. The molecule has 0 saturated heterocycles. The molecule has 2 aromatic heterocycles. The number of thioether (sulfide) groups is 1. The lowest BCUT2D eigenvalue weighted by Gasteiger charge is -2.44. The van der Waals surface area contributed by atoms with Gasteiger partial charge in [-0.15, -0.1) is 11.8 Å². The van der Waals surface area contributed by atoms with E-state index in [1.54, 1.807) is 39.5 Å². The minimum Gasteiger partial charge on any atom is -0.480 e. The number of nitrogens with two attached hydrogens (primary N) is 1. The summed E-state index contributed by atoms with van der Waals surface area (Å²) < 4.78 is 25.2. The van der Waals surface area contributed by atoms with E-state index >= 15 is 4.39 Å². The smallest absolute Gasteiger partial charge is 0.413 e. The van der Waals surface area contributed by atoms with Gasteiger partial charge in [-0.2, -0.15) is 0 Å². The lowest BCUT2D eigenvalue weighted by Crippen LogP contribution is -2.53. The van der Waals surface area contributed by atoms with E-state index in [2.05, 4.69) is 25.6 Å². The molecule has 0 fully saturated rings. The van der Waals surface area contributed by atoms with E-state index < -0.39 is 33.7 Å². The molecule has 3 heterocycles. The highest BCUT2D eigenvalue weighted by atomic mass is 32.2. The molecule has 0 saturated carbocycles. The van der Waals surface area contributed by atoms with Gasteiger partial charge in [0.05, 0.1) is 24.3 Å². The highest BCUT2D eigenvalue weighted by Gasteiger charge is 2.49. The molecule has 2 aromatic rings. The normalized spacial score (nSPS) is 20.5. The molecular weight excluding hydrogens is 525 g/mol. The molecule has 0 aliphatic carbocycles. The van der Waals surface area contributed by atoms with Crippen molar-refractivity contribution in [2.75, 3.05) is 19.0 Å². The fraction of sp³-hybridized carbons (Fsp3) is 0.538. The number of aliphatic imine (C=N–C) groups is 1. The van der Waals surface area contributed by atoms with Crippen LogP contribution in [0.25, 0.3) is 0 Å². The zero-order valence-electron chi connectivity index (χ0n) is 23.3. The van der Waals surface area contributed by atoms with Crippen LogP contribution in [0.4, 0.5) is 15.0 Å². The van der Waals surface area contributed by atoms with Crippen LogP contribution in [-0.4, -0.2) is 62.0 Å². The van der Waals surface area contributed by atoms with Crippen LogP contribution in [0.5, 0.6) is 5.88 Å². The van der Waals surface area contributed by atoms with Gasteiger partial charge in [-0.1, -0.05) is 0 Å². The molecule has 0 aromatic carbocycles. The number of carbonyl (C=O) groups is 2. The molecule has 3 rings (SSSR count). The summed E-state index contributed by atoms with van der Waals surface area (Å²) in [4.78, 5) is 42.8. The number of ether oxygens (including phenoxy) is 2. The van der Waals surface area contributed by atoms with E-state index in [0.29, 0.717) is 25.2 Å². The Morgan fingerprint density at radius 1 is 1.15 bits per heavy atom. The Labute approximate surface area is 232 Å². The van der Waals surface area contributed by atoms with Crippen molar-refractivity contribution in [2.24, 2.45) is 10.7 Å². The van der Waals surface area contributed by atoms with Crippen LogP contribution in [0, 0.1) is 5.82 Å². The third kappa shape index (κ3) is 7.41. The maximum Gasteiger partial charge on any atom is 0.413 e. The number of hydrogen-bond acceptors (Lipinski definition) is 10. The first-order valence-corrected chi connectivity index (χ1v) is 13.4. The molecule has 1 aliphatic heterocycles. The van der Waals surface area contributed by atoms with Gasteiger partial charge in [0.2, 0.25) is 5.88 Å². The first kappa shape index (κ1) is 30.2. The molecule has 11 nitrogen and oxygen atoms in total. The van der Waals surface area contributed by atoms with Crippen LogP contribution in [0.15, 0.2) is 29.5 Å². The summed E-state index contributed by atoms with van der Waals surface area (Å²) in [7, 11) is 1.44. The molecule has 0 bridgehead atoms. The monoisotopic (exact) mass is 561 g/mol. The predicted octanol–water partition coefficient (Wildman–Crippen LogP) is 4.04. The van der Waals surface area contributed by atoms with E-state index in [1.165, 1.54) is 31.6 Å². The number of halogens is 1. The van der Waals surface area contributed by atoms with Gasteiger partial charge < -0.3 is 20.5 Å². The molecule has 13 heteroatoms. The molecule has 0 spiro atoms. The summed E-state index contributed by atoms with van der Waals surface area (Å²) in [6, 6.07) is 2.58. The van der Waals surface area contributed by atoms with Crippen LogP contribution in [0.1, 0.15) is 70.6 Å². The Hall–Kier alpha value is -3.32. The number of hydrogen-bond donors (Lipinski definition) is 3. The predicted molar refractivity (Wildman–Crippen MR) is 149 cm³/mol. The number of nitrogens with one attached hydrogen (secondary N) is 2. The van der Waals surface area contributed by atoms with E-state index in [0.717, 1.165) is 0 Å². The minimum atomic E-state index is -1.20. The maximum absolute atomic E-state index is 15.4. The fourth-order valence-corrected chi connectivity index (χ4v) is 5.58. The molecule has 1 aliphatic rings. The first-order chi connectivity index (χ1) is 18.2. The van der Waals surface area contributed by atoms with Crippen molar-refractivity contribution >= 4 is 35.4 Å². The summed E-state index contributed by atoms with van der Waals surface area (Å²) in [5.41, 5.74) is 3.94. The topological polar surface area (TPSA) is 154 Å². The van der Waals surface area contributed by atoms with Crippen molar-refractivity contribution in [1.82, 2.24) is 20.3 Å². The molecule has 0 radical (unpaired) electrons. The van der Waals surface area contributed by atoms with Crippen LogP contribution >= 0.6 is 11.8 Å². The van der Waals surface area contributed by atoms with Crippen molar-refractivity contribution in [2.45, 2.75) is 75.5 Å². The third-order valence-corrected chi connectivity index (χ3v) is 7.67. The molecule has 2 amide bonds. The Balaban J connectivity index is 2.01. The Morgan fingerprint density at radius 2 is 1.87 bits per heavy atom. The van der Waals surface area contributed by atoms with Gasteiger partial charge in [0, 0.05) is 5.25 Å². The van der Waals surface area contributed by atoms with Crippen LogP contribution in [0.3, 0.4) is 0 Å². The van der Waals surface area contributed by atoms with Gasteiger partial charge in [-0.25, -0.2) is 24.1 Å². The van der Waals surface area contributed by atoms with Crippen LogP contribution in [0.2, 0.25) is 0 Å². The second kappa shape index (κ2) is 11.8. The lowest BCUT2D eigenvalue weighted by atomic mass is 9.89. The number of amidine groups is 1. The Kier molecular flexibility index (Phi) is 9.16. The first-order valence-electron chi connectivity index (χ1n) is 12.5. The number of aromatic nitrogens is 3. The zero-order valence-corrected chi connectivity index (χ0v) is 24.1. The van der Waals surface area contributed by atoms with Gasteiger partial charge in [0.25, 0.3) is 5.91 Å². The van der Waals surface area contributed by atoms with Crippen molar-refractivity contribution in [3.8, 4) is 5.88 Å². The SMILES string of the molecule is COc1cnc(C(=O)Nc2ccc(F)c([C@@]3(C)N=C(NC(=O)OC(C)(C)C)C(C)(C)SC3CCCN)n2)cn1.